The summed E-state index contributed by atoms with van der Waals surface area (Å²) in [6, 6.07) is 8.52. The normalized spacial score (nSPS) is 17.4. The summed E-state index contributed by atoms with van der Waals surface area (Å²) >= 11 is 0. The van der Waals surface area contributed by atoms with E-state index in [1.165, 1.54) is 0 Å². The molecule has 0 spiro atoms. The number of piperazine rings is 1. The molecular weight excluding hydrogens is 338 g/mol. The van der Waals surface area contributed by atoms with Crippen molar-refractivity contribution in [3.8, 4) is 5.75 Å². The highest BCUT2D eigenvalue weighted by Crippen LogP contribution is 2.17. The Labute approximate surface area is 164 Å². The van der Waals surface area contributed by atoms with Crippen molar-refractivity contribution in [3.63, 3.8) is 0 Å². The molecule has 0 bridgehead atoms. The van der Waals surface area contributed by atoms with Crippen molar-refractivity contribution in [2.24, 2.45) is 4.99 Å². The number of nitrogens with one attached hydrogen (secondary N) is 2. The average molecular weight is 374 g/mol. The molecule has 0 aliphatic carbocycles. The standard InChI is InChI=1S/C21H35N5O/c1-5-15-27-20-10-8-7-9-19(20)17-24-21(22-4)23-16-18(3)26-13-11-25(6-2)12-14-26/h5,7-10,18H,1,6,11-17H2,2-4H3,(H2,22,23,24). The summed E-state index contributed by atoms with van der Waals surface area (Å²) in [6.07, 6.45) is 1.76. The third kappa shape index (κ3) is 6.88. The Morgan fingerprint density at radius 1 is 1.26 bits per heavy atom. The maximum atomic E-state index is 5.72. The van der Waals surface area contributed by atoms with E-state index in [-0.39, 0.29) is 0 Å². The van der Waals surface area contributed by atoms with E-state index in [2.05, 4.69) is 51.9 Å². The number of hydrogen-bond donors (Lipinski definition) is 2. The molecule has 0 aromatic heterocycles. The molecule has 0 amide bonds. The number of likely N-dealkylation sites (N-methyl/N-ethyl adjacent to an activating group) is 1. The van der Waals surface area contributed by atoms with Crippen LogP contribution in [0.2, 0.25) is 0 Å². The highest BCUT2D eigenvalue weighted by atomic mass is 16.5. The summed E-state index contributed by atoms with van der Waals surface area (Å²) in [6.45, 7) is 16.0. The van der Waals surface area contributed by atoms with Crippen molar-refractivity contribution in [2.75, 3.05) is 52.9 Å². The summed E-state index contributed by atoms with van der Waals surface area (Å²) < 4.78 is 5.72. The number of nitrogens with zero attached hydrogens (tertiary/aromatic N) is 3. The molecule has 6 heteroatoms. The second-order valence-corrected chi connectivity index (χ2v) is 6.83. The van der Waals surface area contributed by atoms with Gasteiger partial charge in [0.25, 0.3) is 0 Å². The van der Waals surface area contributed by atoms with Gasteiger partial charge in [-0.15, -0.1) is 0 Å². The molecule has 0 radical (unpaired) electrons. The van der Waals surface area contributed by atoms with E-state index >= 15 is 0 Å². The molecule has 1 saturated heterocycles. The Bertz CT molecular complexity index is 596. The van der Waals surface area contributed by atoms with Gasteiger partial charge in [-0.2, -0.15) is 0 Å². The van der Waals surface area contributed by atoms with Gasteiger partial charge in [-0.05, 0) is 19.5 Å². The lowest BCUT2D eigenvalue weighted by atomic mass is 10.2. The highest BCUT2D eigenvalue weighted by Gasteiger charge is 2.20. The number of aliphatic imine (C=N–C) groups is 1. The first-order valence-electron chi connectivity index (χ1n) is 9.90. The van der Waals surface area contributed by atoms with Gasteiger partial charge in [0, 0.05) is 57.9 Å². The van der Waals surface area contributed by atoms with Crippen molar-refractivity contribution in [3.05, 3.63) is 42.5 Å². The molecule has 1 heterocycles. The summed E-state index contributed by atoms with van der Waals surface area (Å²) in [4.78, 5) is 9.40. The Morgan fingerprint density at radius 3 is 2.67 bits per heavy atom. The van der Waals surface area contributed by atoms with Crippen molar-refractivity contribution in [2.45, 2.75) is 26.4 Å². The van der Waals surface area contributed by atoms with Gasteiger partial charge in [0.05, 0.1) is 0 Å². The SMILES string of the molecule is C=CCOc1ccccc1CNC(=NC)NCC(C)N1CCN(CC)CC1. The summed E-state index contributed by atoms with van der Waals surface area (Å²) in [5, 5.41) is 6.83. The van der Waals surface area contributed by atoms with Crippen molar-refractivity contribution < 1.29 is 4.74 Å². The molecule has 1 fully saturated rings. The van der Waals surface area contributed by atoms with Crippen LogP contribution in [0.15, 0.2) is 41.9 Å². The van der Waals surface area contributed by atoms with Crippen LogP contribution in [0, 0.1) is 0 Å². The average Bonchev–Trinajstić information content (AvgIpc) is 2.72. The van der Waals surface area contributed by atoms with Crippen LogP contribution in [0.1, 0.15) is 19.4 Å². The Kier molecular flexibility index (Phi) is 9.15. The maximum absolute atomic E-state index is 5.72. The second-order valence-electron chi connectivity index (χ2n) is 6.83. The molecule has 1 atom stereocenters. The third-order valence-electron chi connectivity index (χ3n) is 5.04. The monoisotopic (exact) mass is 373 g/mol. The first-order chi connectivity index (χ1) is 13.2. The summed E-state index contributed by atoms with van der Waals surface area (Å²) in [7, 11) is 1.81. The minimum Gasteiger partial charge on any atom is -0.489 e. The number of guanidine groups is 1. The molecule has 2 N–H and O–H groups in total. The largest absolute Gasteiger partial charge is 0.489 e. The van der Waals surface area contributed by atoms with Crippen molar-refractivity contribution in [1.82, 2.24) is 20.4 Å². The minimum atomic E-state index is 0.478. The van der Waals surface area contributed by atoms with E-state index in [9.17, 15) is 0 Å². The predicted octanol–water partition coefficient (Wildman–Crippen LogP) is 1.94. The number of ether oxygens (including phenoxy) is 1. The van der Waals surface area contributed by atoms with E-state index in [1.807, 2.05) is 18.2 Å². The first kappa shape index (κ1) is 21.3. The van der Waals surface area contributed by atoms with Crippen LogP contribution in [-0.4, -0.2) is 74.7 Å². The van der Waals surface area contributed by atoms with Crippen molar-refractivity contribution >= 4 is 5.96 Å². The number of benzene rings is 1. The second kappa shape index (κ2) is 11.6. The van der Waals surface area contributed by atoms with Crippen LogP contribution in [0.3, 0.4) is 0 Å². The zero-order chi connectivity index (χ0) is 19.5. The lowest BCUT2D eigenvalue weighted by Crippen LogP contribution is -2.53. The Balaban J connectivity index is 1.78. The molecular formula is C21H35N5O. The van der Waals surface area contributed by atoms with Gasteiger partial charge in [-0.3, -0.25) is 9.89 Å². The molecule has 1 aromatic carbocycles. The Hall–Kier alpha value is -2.05. The van der Waals surface area contributed by atoms with E-state index in [0.717, 1.165) is 56.5 Å². The van der Waals surface area contributed by atoms with Gasteiger partial charge < -0.3 is 20.3 Å². The van der Waals surface area contributed by atoms with Gasteiger partial charge in [0.2, 0.25) is 0 Å². The van der Waals surface area contributed by atoms with E-state index in [0.29, 0.717) is 19.2 Å². The lowest BCUT2D eigenvalue weighted by Gasteiger charge is -2.37. The molecule has 1 unspecified atom stereocenters. The van der Waals surface area contributed by atoms with Crippen LogP contribution in [0.25, 0.3) is 0 Å². The fourth-order valence-corrected chi connectivity index (χ4v) is 3.23. The third-order valence-corrected chi connectivity index (χ3v) is 5.04. The van der Waals surface area contributed by atoms with Crippen LogP contribution >= 0.6 is 0 Å². The van der Waals surface area contributed by atoms with Gasteiger partial charge >= 0.3 is 0 Å². The topological polar surface area (TPSA) is 52.1 Å². The molecule has 1 aliphatic heterocycles. The fourth-order valence-electron chi connectivity index (χ4n) is 3.23. The van der Waals surface area contributed by atoms with Gasteiger partial charge in [-0.25, -0.2) is 0 Å². The fraction of sp³-hybridized carbons (Fsp3) is 0.571. The van der Waals surface area contributed by atoms with E-state index < -0.39 is 0 Å². The smallest absolute Gasteiger partial charge is 0.191 e. The molecule has 0 saturated carbocycles. The molecule has 6 nitrogen and oxygen atoms in total. The van der Waals surface area contributed by atoms with Gasteiger partial charge in [0.15, 0.2) is 5.96 Å². The minimum absolute atomic E-state index is 0.478. The number of hydrogen-bond acceptors (Lipinski definition) is 4. The maximum Gasteiger partial charge on any atom is 0.191 e. The summed E-state index contributed by atoms with van der Waals surface area (Å²) in [5.41, 5.74) is 1.10. The zero-order valence-corrected chi connectivity index (χ0v) is 17.1. The number of para-hydroxylation sites is 1. The quantitative estimate of drug-likeness (QED) is 0.394. The van der Waals surface area contributed by atoms with Crippen molar-refractivity contribution in [1.29, 1.82) is 0 Å². The summed E-state index contributed by atoms with van der Waals surface area (Å²) in [5.74, 6) is 1.69. The number of rotatable bonds is 9. The Morgan fingerprint density at radius 2 is 2.00 bits per heavy atom. The zero-order valence-electron chi connectivity index (χ0n) is 17.1. The molecule has 2 rings (SSSR count). The molecule has 1 aliphatic rings. The predicted molar refractivity (Wildman–Crippen MR) is 113 cm³/mol. The molecule has 150 valence electrons. The van der Waals surface area contributed by atoms with Crippen LogP contribution < -0.4 is 15.4 Å². The van der Waals surface area contributed by atoms with Crippen LogP contribution in [0.4, 0.5) is 0 Å². The van der Waals surface area contributed by atoms with Gasteiger partial charge in [-0.1, -0.05) is 37.8 Å². The lowest BCUT2D eigenvalue weighted by molar-refractivity contribution is 0.107. The molecule has 27 heavy (non-hydrogen) atoms. The van der Waals surface area contributed by atoms with Gasteiger partial charge in [0.1, 0.15) is 12.4 Å². The van der Waals surface area contributed by atoms with E-state index in [4.69, 9.17) is 4.74 Å². The highest BCUT2D eigenvalue weighted by molar-refractivity contribution is 5.79. The van der Waals surface area contributed by atoms with E-state index in [1.54, 1.807) is 13.1 Å². The van der Waals surface area contributed by atoms with Crippen LogP contribution in [0.5, 0.6) is 5.75 Å². The molecule has 1 aromatic rings. The first-order valence-corrected chi connectivity index (χ1v) is 9.90. The van der Waals surface area contributed by atoms with Crippen LogP contribution in [-0.2, 0) is 6.54 Å².